The highest BCUT2D eigenvalue weighted by Gasteiger charge is 2.12. The number of anilines is 1. The van der Waals surface area contributed by atoms with Gasteiger partial charge < -0.3 is 15.5 Å². The first kappa shape index (κ1) is 14.6. The number of rotatable bonds is 4. The molecule has 2 aromatic carbocycles. The number of benzene rings is 2. The molecule has 3 N–H and O–H groups in total. The van der Waals surface area contributed by atoms with E-state index in [9.17, 15) is 14.7 Å². The molecule has 0 heterocycles. The van der Waals surface area contributed by atoms with Crippen LogP contribution >= 0.6 is 0 Å². The van der Waals surface area contributed by atoms with Gasteiger partial charge in [-0.15, -0.1) is 0 Å². The molecule has 0 aliphatic carbocycles. The monoisotopic (exact) mass is 285 g/mol. The molecule has 1 amide bonds. The molecule has 0 saturated heterocycles. The van der Waals surface area contributed by atoms with Crippen LogP contribution in [-0.2, 0) is 11.2 Å². The molecule has 5 heteroatoms. The molecule has 0 spiro atoms. The Morgan fingerprint density at radius 3 is 2.52 bits per heavy atom. The predicted octanol–water partition coefficient (Wildman–Crippen LogP) is 2.58. The van der Waals surface area contributed by atoms with E-state index in [1.807, 2.05) is 31.2 Å². The quantitative estimate of drug-likeness (QED) is 0.753. The van der Waals surface area contributed by atoms with Crippen LogP contribution in [0.5, 0.6) is 5.75 Å². The number of hydrogen-bond donors (Lipinski definition) is 3. The van der Waals surface area contributed by atoms with Crippen molar-refractivity contribution in [2.45, 2.75) is 13.3 Å². The Balaban J connectivity index is 2.12. The lowest BCUT2D eigenvalue weighted by Gasteiger charge is -2.08. The van der Waals surface area contributed by atoms with Gasteiger partial charge in [-0.1, -0.05) is 24.3 Å². The predicted molar refractivity (Wildman–Crippen MR) is 78.6 cm³/mol. The van der Waals surface area contributed by atoms with Crippen LogP contribution in [0.25, 0.3) is 0 Å². The minimum atomic E-state index is -1.25. The number of aromatic carboxylic acids is 1. The number of carboxylic acids is 1. The van der Waals surface area contributed by atoms with Gasteiger partial charge in [0.2, 0.25) is 5.91 Å². The Morgan fingerprint density at radius 2 is 1.86 bits per heavy atom. The highest BCUT2D eigenvalue weighted by atomic mass is 16.4. The van der Waals surface area contributed by atoms with Crippen LogP contribution in [0.2, 0.25) is 0 Å². The highest BCUT2D eigenvalue weighted by Crippen LogP contribution is 2.21. The zero-order valence-corrected chi connectivity index (χ0v) is 11.5. The Hall–Kier alpha value is -2.82. The molecule has 0 saturated carbocycles. The third kappa shape index (κ3) is 3.60. The van der Waals surface area contributed by atoms with Gasteiger partial charge in [-0.3, -0.25) is 4.79 Å². The zero-order valence-electron chi connectivity index (χ0n) is 11.5. The first-order valence-electron chi connectivity index (χ1n) is 6.38. The zero-order chi connectivity index (χ0) is 15.4. The van der Waals surface area contributed by atoms with Crippen molar-refractivity contribution in [3.8, 4) is 5.75 Å². The molecule has 5 nitrogen and oxygen atoms in total. The lowest BCUT2D eigenvalue weighted by atomic mass is 10.1. The lowest BCUT2D eigenvalue weighted by molar-refractivity contribution is -0.115. The molecule has 0 aliphatic rings. The van der Waals surface area contributed by atoms with Crippen molar-refractivity contribution in [3.05, 3.63) is 59.2 Å². The summed E-state index contributed by atoms with van der Waals surface area (Å²) in [6.07, 6.45) is 0.204. The Bertz CT molecular complexity index is 694. The van der Waals surface area contributed by atoms with Gasteiger partial charge in [0.15, 0.2) is 0 Å². The van der Waals surface area contributed by atoms with E-state index in [4.69, 9.17) is 5.11 Å². The smallest absolute Gasteiger partial charge is 0.339 e. The van der Waals surface area contributed by atoms with Gasteiger partial charge in [0.05, 0.1) is 6.42 Å². The molecule has 108 valence electrons. The molecule has 0 aromatic heterocycles. The molecule has 2 aromatic rings. The number of phenols is 1. The molecular weight excluding hydrogens is 270 g/mol. The molecular formula is C16H15NO4. The fourth-order valence-corrected chi connectivity index (χ4v) is 1.97. The van der Waals surface area contributed by atoms with E-state index < -0.39 is 5.97 Å². The van der Waals surface area contributed by atoms with Crippen molar-refractivity contribution >= 4 is 17.6 Å². The van der Waals surface area contributed by atoms with Crippen LogP contribution in [-0.4, -0.2) is 22.1 Å². The fraction of sp³-hybridized carbons (Fsp3) is 0.125. The molecule has 0 unspecified atom stereocenters. The number of nitrogens with one attached hydrogen (secondary N) is 1. The van der Waals surface area contributed by atoms with Crippen LogP contribution in [0.1, 0.15) is 21.5 Å². The molecule has 21 heavy (non-hydrogen) atoms. The van der Waals surface area contributed by atoms with Gasteiger partial charge in [0.1, 0.15) is 11.3 Å². The Labute approximate surface area is 121 Å². The average Bonchev–Trinajstić information content (AvgIpc) is 2.43. The maximum Gasteiger partial charge on any atom is 0.339 e. The second-order valence-corrected chi connectivity index (χ2v) is 4.69. The van der Waals surface area contributed by atoms with E-state index >= 15 is 0 Å². The number of carboxylic acid groups (broad SMARTS) is 1. The number of amides is 1. The van der Waals surface area contributed by atoms with Crippen molar-refractivity contribution in [1.82, 2.24) is 0 Å². The molecule has 0 fully saturated rings. The highest BCUT2D eigenvalue weighted by molar-refractivity contribution is 5.96. The summed E-state index contributed by atoms with van der Waals surface area (Å²) in [6, 6.07) is 11.5. The Kier molecular flexibility index (Phi) is 4.23. The van der Waals surface area contributed by atoms with Crippen LogP contribution < -0.4 is 5.32 Å². The maximum atomic E-state index is 12.0. The van der Waals surface area contributed by atoms with Gasteiger partial charge in [0, 0.05) is 5.69 Å². The van der Waals surface area contributed by atoms with Crippen LogP contribution in [0.4, 0.5) is 5.69 Å². The third-order valence-corrected chi connectivity index (χ3v) is 3.12. The van der Waals surface area contributed by atoms with E-state index in [1.165, 1.54) is 18.2 Å². The van der Waals surface area contributed by atoms with E-state index in [2.05, 4.69) is 5.32 Å². The number of hydrogen-bond acceptors (Lipinski definition) is 3. The summed E-state index contributed by atoms with van der Waals surface area (Å²) in [6.45, 7) is 1.92. The van der Waals surface area contributed by atoms with Gasteiger partial charge >= 0.3 is 5.97 Å². The summed E-state index contributed by atoms with van der Waals surface area (Å²) in [7, 11) is 0. The molecule has 0 aliphatic heterocycles. The third-order valence-electron chi connectivity index (χ3n) is 3.12. The summed E-state index contributed by atoms with van der Waals surface area (Å²) < 4.78 is 0. The molecule has 0 radical (unpaired) electrons. The number of aryl methyl sites for hydroxylation is 1. The van der Waals surface area contributed by atoms with Crippen molar-refractivity contribution in [2.24, 2.45) is 0 Å². The first-order chi connectivity index (χ1) is 9.97. The first-order valence-corrected chi connectivity index (χ1v) is 6.38. The van der Waals surface area contributed by atoms with Crippen molar-refractivity contribution in [3.63, 3.8) is 0 Å². The second kappa shape index (κ2) is 6.09. The normalized spacial score (nSPS) is 10.1. The fourth-order valence-electron chi connectivity index (χ4n) is 1.97. The van der Waals surface area contributed by atoms with Gasteiger partial charge in [-0.2, -0.15) is 0 Å². The van der Waals surface area contributed by atoms with Crippen LogP contribution in [0.3, 0.4) is 0 Å². The summed E-state index contributed by atoms with van der Waals surface area (Å²) in [5.74, 6) is -1.83. The number of aromatic hydroxyl groups is 1. The van der Waals surface area contributed by atoms with Gasteiger partial charge in [-0.25, -0.2) is 4.79 Å². The molecule has 0 bridgehead atoms. The largest absolute Gasteiger partial charge is 0.507 e. The van der Waals surface area contributed by atoms with E-state index in [0.29, 0.717) is 5.69 Å². The minimum Gasteiger partial charge on any atom is -0.507 e. The average molecular weight is 285 g/mol. The van der Waals surface area contributed by atoms with E-state index in [1.54, 1.807) is 0 Å². The van der Waals surface area contributed by atoms with Crippen molar-refractivity contribution in [1.29, 1.82) is 0 Å². The lowest BCUT2D eigenvalue weighted by Crippen LogP contribution is -2.15. The maximum absolute atomic E-state index is 12.0. The SMILES string of the molecule is Cc1ccccc1CC(=O)Nc1ccc(O)c(C(=O)O)c1. The molecule has 2 rings (SSSR count). The van der Waals surface area contributed by atoms with Crippen LogP contribution in [0.15, 0.2) is 42.5 Å². The van der Waals surface area contributed by atoms with Crippen molar-refractivity contribution in [2.75, 3.05) is 5.32 Å². The Morgan fingerprint density at radius 1 is 1.14 bits per heavy atom. The summed E-state index contributed by atoms with van der Waals surface area (Å²) in [5, 5.41) is 21.0. The topological polar surface area (TPSA) is 86.6 Å². The number of carbonyl (C=O) groups excluding carboxylic acids is 1. The van der Waals surface area contributed by atoms with Crippen molar-refractivity contribution < 1.29 is 19.8 Å². The van der Waals surface area contributed by atoms with E-state index in [-0.39, 0.29) is 23.6 Å². The summed E-state index contributed by atoms with van der Waals surface area (Å²) in [4.78, 5) is 22.9. The van der Waals surface area contributed by atoms with Gasteiger partial charge in [0.25, 0.3) is 0 Å². The minimum absolute atomic E-state index is 0.204. The molecule has 0 atom stereocenters. The standard InChI is InChI=1S/C16H15NO4/c1-10-4-2-3-5-11(10)8-15(19)17-12-6-7-14(18)13(9-12)16(20)21/h2-7,9,18H,8H2,1H3,(H,17,19)(H,20,21). The summed E-state index contributed by atoms with van der Waals surface area (Å²) >= 11 is 0. The summed E-state index contributed by atoms with van der Waals surface area (Å²) in [5.41, 5.74) is 2.02. The van der Waals surface area contributed by atoms with Gasteiger partial charge in [-0.05, 0) is 36.2 Å². The van der Waals surface area contributed by atoms with E-state index in [0.717, 1.165) is 11.1 Å². The second-order valence-electron chi connectivity index (χ2n) is 4.69. The number of carbonyl (C=O) groups is 2. The van der Waals surface area contributed by atoms with Crippen LogP contribution in [0, 0.1) is 6.92 Å².